The molecule has 25 heavy (non-hydrogen) atoms. The second-order valence-electron chi connectivity index (χ2n) is 5.79. The van der Waals surface area contributed by atoms with E-state index < -0.39 is 0 Å². The maximum atomic E-state index is 4.93. The molecule has 0 bridgehead atoms. The van der Waals surface area contributed by atoms with Gasteiger partial charge in [-0.1, -0.05) is 0 Å². The van der Waals surface area contributed by atoms with Gasteiger partial charge in [0.15, 0.2) is 0 Å². The molecule has 116 valence electrons. The van der Waals surface area contributed by atoms with E-state index in [4.69, 9.17) is 9.97 Å². The molecule has 2 aromatic carbocycles. The second kappa shape index (κ2) is 4.61. The highest BCUT2D eigenvalue weighted by molar-refractivity contribution is 7.00. The summed E-state index contributed by atoms with van der Waals surface area (Å²) in [7, 11) is 0. The fourth-order valence-corrected chi connectivity index (χ4v) is 3.85. The molecule has 0 amide bonds. The summed E-state index contributed by atoms with van der Waals surface area (Å²) in [6.07, 6.45) is 3.56. The van der Waals surface area contributed by atoms with Gasteiger partial charge < -0.3 is 0 Å². The van der Waals surface area contributed by atoms with E-state index in [-0.39, 0.29) is 0 Å². The van der Waals surface area contributed by atoms with Crippen molar-refractivity contribution in [3.8, 4) is 0 Å². The zero-order chi connectivity index (χ0) is 16.4. The Balaban J connectivity index is 1.97. The predicted octanol–water partition coefficient (Wildman–Crippen LogP) is 3.88. The molecule has 0 aliphatic carbocycles. The van der Waals surface area contributed by atoms with Crippen LogP contribution in [0.5, 0.6) is 0 Å². The summed E-state index contributed by atoms with van der Waals surface area (Å²) in [5, 5.41) is 1.90. The lowest BCUT2D eigenvalue weighted by Crippen LogP contribution is -1.94. The molecule has 7 heteroatoms. The number of pyridine rings is 2. The predicted molar refractivity (Wildman–Crippen MR) is 98.6 cm³/mol. The molecule has 4 aromatic heterocycles. The van der Waals surface area contributed by atoms with Gasteiger partial charge in [-0.3, -0.25) is 9.97 Å². The van der Waals surface area contributed by atoms with Gasteiger partial charge >= 0.3 is 0 Å². The van der Waals surface area contributed by atoms with Gasteiger partial charge in [0.1, 0.15) is 16.6 Å². The fraction of sp³-hybridized carbons (Fsp3) is 0. The first-order valence-corrected chi connectivity index (χ1v) is 8.47. The van der Waals surface area contributed by atoms with Gasteiger partial charge in [0.2, 0.25) is 0 Å². The number of rotatable bonds is 0. The molecule has 4 heterocycles. The minimum absolute atomic E-state index is 0.771. The molecule has 0 spiro atoms. The summed E-state index contributed by atoms with van der Waals surface area (Å²) < 4.78 is 8.70. The Kier molecular flexibility index (Phi) is 2.40. The highest BCUT2D eigenvalue weighted by Crippen LogP contribution is 2.32. The van der Waals surface area contributed by atoms with Crippen LogP contribution in [0, 0.1) is 0 Å². The summed E-state index contributed by atoms with van der Waals surface area (Å²) in [6.45, 7) is 0. The Morgan fingerprint density at radius 3 is 2.00 bits per heavy atom. The van der Waals surface area contributed by atoms with Gasteiger partial charge in [-0.25, -0.2) is 9.97 Å². The van der Waals surface area contributed by atoms with Crippen LogP contribution in [0.3, 0.4) is 0 Å². The first-order chi connectivity index (χ1) is 12.4. The Morgan fingerprint density at radius 1 is 0.560 bits per heavy atom. The minimum Gasteiger partial charge on any atom is -0.254 e. The van der Waals surface area contributed by atoms with Gasteiger partial charge in [0.25, 0.3) is 0 Å². The zero-order valence-corrected chi connectivity index (χ0v) is 13.5. The van der Waals surface area contributed by atoms with Gasteiger partial charge in [-0.05, 0) is 36.4 Å². The Bertz CT molecular complexity index is 1460. The van der Waals surface area contributed by atoms with E-state index in [1.165, 1.54) is 11.7 Å². The van der Waals surface area contributed by atoms with E-state index in [9.17, 15) is 0 Å². The molecule has 0 fully saturated rings. The van der Waals surface area contributed by atoms with Crippen molar-refractivity contribution in [2.45, 2.75) is 0 Å². The standard InChI is InChI=1S/C18H8N6S/c1-3-9-13(19-7-1)14-10(4-2-8-20-14)16-15(9)21-11-5-6-12-18(17(11)22-16)24-25-23-12/h1-8H. The molecule has 0 saturated carbocycles. The molecule has 6 nitrogen and oxygen atoms in total. The lowest BCUT2D eigenvalue weighted by molar-refractivity contribution is 1.36. The molecule has 0 atom stereocenters. The molecule has 0 aliphatic rings. The Morgan fingerprint density at radius 2 is 1.24 bits per heavy atom. The van der Waals surface area contributed by atoms with Crippen molar-refractivity contribution in [1.82, 2.24) is 28.7 Å². The summed E-state index contributed by atoms with van der Waals surface area (Å²) in [4.78, 5) is 18.9. The summed E-state index contributed by atoms with van der Waals surface area (Å²) in [5.74, 6) is 0. The Labute approximate surface area is 144 Å². The van der Waals surface area contributed by atoms with Crippen LogP contribution in [-0.4, -0.2) is 28.7 Å². The number of hydrogen-bond donors (Lipinski definition) is 0. The van der Waals surface area contributed by atoms with Crippen LogP contribution in [0.15, 0.2) is 48.8 Å². The normalized spacial score (nSPS) is 12.0. The van der Waals surface area contributed by atoms with Crippen LogP contribution < -0.4 is 0 Å². The molecule has 0 aliphatic heterocycles. The van der Waals surface area contributed by atoms with Crippen molar-refractivity contribution in [3.05, 3.63) is 48.8 Å². The molecule has 6 rings (SSSR count). The van der Waals surface area contributed by atoms with Crippen molar-refractivity contribution in [2.24, 2.45) is 0 Å². The van der Waals surface area contributed by atoms with E-state index in [2.05, 4.69) is 18.7 Å². The van der Waals surface area contributed by atoms with Crippen molar-refractivity contribution in [3.63, 3.8) is 0 Å². The van der Waals surface area contributed by atoms with Crippen LogP contribution >= 0.6 is 11.7 Å². The van der Waals surface area contributed by atoms with Crippen LogP contribution in [0.4, 0.5) is 0 Å². The van der Waals surface area contributed by atoms with E-state index in [1.54, 1.807) is 12.4 Å². The van der Waals surface area contributed by atoms with Crippen molar-refractivity contribution >= 4 is 66.6 Å². The van der Waals surface area contributed by atoms with Crippen LogP contribution in [0.1, 0.15) is 0 Å². The van der Waals surface area contributed by atoms with Gasteiger partial charge in [-0.15, -0.1) is 0 Å². The monoisotopic (exact) mass is 340 g/mol. The number of fused-ring (bicyclic) bond motifs is 9. The topological polar surface area (TPSA) is 77.3 Å². The van der Waals surface area contributed by atoms with Crippen LogP contribution in [0.2, 0.25) is 0 Å². The maximum Gasteiger partial charge on any atom is 0.132 e. The van der Waals surface area contributed by atoms with E-state index in [1.807, 2.05) is 36.4 Å². The minimum atomic E-state index is 0.771. The first-order valence-electron chi connectivity index (χ1n) is 7.74. The van der Waals surface area contributed by atoms with Gasteiger partial charge in [0.05, 0.1) is 39.3 Å². The van der Waals surface area contributed by atoms with Crippen molar-refractivity contribution in [1.29, 1.82) is 0 Å². The molecule has 0 radical (unpaired) electrons. The fourth-order valence-electron chi connectivity index (χ4n) is 3.31. The molecular weight excluding hydrogens is 332 g/mol. The van der Waals surface area contributed by atoms with Crippen molar-refractivity contribution < 1.29 is 0 Å². The largest absolute Gasteiger partial charge is 0.254 e. The van der Waals surface area contributed by atoms with E-state index >= 15 is 0 Å². The first kappa shape index (κ1) is 13.0. The average molecular weight is 340 g/mol. The number of benzene rings is 2. The third kappa shape index (κ3) is 1.67. The number of nitrogens with zero attached hydrogens (tertiary/aromatic N) is 6. The highest BCUT2D eigenvalue weighted by atomic mass is 32.1. The summed E-state index contributed by atoms with van der Waals surface area (Å²) in [5.41, 5.74) is 6.54. The summed E-state index contributed by atoms with van der Waals surface area (Å²) in [6, 6.07) is 11.7. The van der Waals surface area contributed by atoms with Gasteiger partial charge in [0, 0.05) is 23.2 Å². The van der Waals surface area contributed by atoms with Gasteiger partial charge in [-0.2, -0.15) is 8.75 Å². The Hall–Kier alpha value is -3.32. The van der Waals surface area contributed by atoms with E-state index in [0.29, 0.717) is 0 Å². The van der Waals surface area contributed by atoms with Crippen LogP contribution in [-0.2, 0) is 0 Å². The lowest BCUT2D eigenvalue weighted by Gasteiger charge is -2.08. The molecule has 0 saturated heterocycles. The molecular formula is C18H8N6S. The highest BCUT2D eigenvalue weighted by Gasteiger charge is 2.15. The lowest BCUT2D eigenvalue weighted by atomic mass is 10.1. The average Bonchev–Trinajstić information content (AvgIpc) is 3.16. The number of hydrogen-bond acceptors (Lipinski definition) is 7. The SMILES string of the molecule is c1cnc2c(c1)c1nc3ccc4nsnc4c3nc1c1cccnc12. The third-order valence-corrected chi connectivity index (χ3v) is 4.95. The molecule has 0 N–H and O–H groups in total. The van der Waals surface area contributed by atoms with E-state index in [0.717, 1.165) is 54.9 Å². The quantitative estimate of drug-likeness (QED) is 0.308. The smallest absolute Gasteiger partial charge is 0.132 e. The maximum absolute atomic E-state index is 4.93. The third-order valence-electron chi connectivity index (χ3n) is 4.41. The van der Waals surface area contributed by atoms with Crippen LogP contribution in [0.25, 0.3) is 54.9 Å². The second-order valence-corrected chi connectivity index (χ2v) is 6.31. The number of aromatic nitrogens is 6. The zero-order valence-electron chi connectivity index (χ0n) is 12.7. The molecule has 0 unspecified atom stereocenters. The van der Waals surface area contributed by atoms with Crippen molar-refractivity contribution in [2.75, 3.05) is 0 Å². The molecule has 6 aromatic rings. The summed E-state index contributed by atoms with van der Waals surface area (Å²) >= 11 is 1.19.